The van der Waals surface area contributed by atoms with Crippen LogP contribution in [0.3, 0.4) is 0 Å². The lowest BCUT2D eigenvalue weighted by molar-refractivity contribution is -0.145. The van der Waals surface area contributed by atoms with E-state index in [0.717, 1.165) is 11.3 Å². The van der Waals surface area contributed by atoms with Crippen LogP contribution in [0, 0.1) is 5.92 Å². The summed E-state index contributed by atoms with van der Waals surface area (Å²) in [5.74, 6) is -0.356. The molecule has 6 heteroatoms. The molecule has 1 saturated heterocycles. The topological polar surface area (TPSA) is 75.3 Å². The Hall–Kier alpha value is -2.63. The van der Waals surface area contributed by atoms with E-state index in [-0.39, 0.29) is 18.3 Å². The Kier molecular flexibility index (Phi) is 3.43. The van der Waals surface area contributed by atoms with E-state index in [1.807, 2.05) is 36.4 Å². The molecule has 1 aliphatic rings. The van der Waals surface area contributed by atoms with Gasteiger partial charge in [-0.3, -0.25) is 19.6 Å². The summed E-state index contributed by atoms with van der Waals surface area (Å²) in [7, 11) is 1.33. The lowest BCUT2D eigenvalue weighted by Gasteiger charge is -2.12. The highest BCUT2D eigenvalue weighted by molar-refractivity contribution is 5.99. The Bertz CT molecular complexity index is 666. The Labute approximate surface area is 121 Å². The lowest BCUT2D eigenvalue weighted by atomic mass is 10.1. The number of anilines is 1. The molecule has 1 unspecified atom stereocenters. The first-order valence-electron chi connectivity index (χ1n) is 6.68. The van der Waals surface area contributed by atoms with Crippen LogP contribution in [0.4, 0.5) is 5.82 Å². The zero-order valence-corrected chi connectivity index (χ0v) is 11.6. The first-order valence-corrected chi connectivity index (χ1v) is 6.68. The first-order chi connectivity index (χ1) is 10.2. The van der Waals surface area contributed by atoms with Crippen molar-refractivity contribution in [2.75, 3.05) is 18.6 Å². The van der Waals surface area contributed by atoms with Gasteiger partial charge in [-0.05, 0) is 5.56 Å². The van der Waals surface area contributed by atoms with Crippen LogP contribution >= 0.6 is 0 Å². The van der Waals surface area contributed by atoms with Crippen LogP contribution < -0.4 is 4.90 Å². The highest BCUT2D eigenvalue weighted by atomic mass is 16.5. The monoisotopic (exact) mass is 285 g/mol. The van der Waals surface area contributed by atoms with Crippen LogP contribution in [0.25, 0.3) is 11.3 Å². The van der Waals surface area contributed by atoms with Crippen molar-refractivity contribution in [2.24, 2.45) is 5.92 Å². The van der Waals surface area contributed by atoms with E-state index < -0.39 is 5.92 Å². The normalized spacial score (nSPS) is 18.0. The summed E-state index contributed by atoms with van der Waals surface area (Å²) in [6.45, 7) is 0.310. The number of amides is 1. The molecule has 2 aromatic rings. The number of methoxy groups -OCH3 is 1. The highest BCUT2D eigenvalue weighted by Gasteiger charge is 2.36. The third kappa shape index (κ3) is 2.52. The van der Waals surface area contributed by atoms with E-state index in [1.165, 1.54) is 12.0 Å². The van der Waals surface area contributed by atoms with Crippen LogP contribution in [0.2, 0.25) is 0 Å². The van der Waals surface area contributed by atoms with Gasteiger partial charge in [-0.1, -0.05) is 30.3 Å². The molecular weight excluding hydrogens is 270 g/mol. The fraction of sp³-hybridized carbons (Fsp3) is 0.267. The predicted molar refractivity (Wildman–Crippen MR) is 76.5 cm³/mol. The van der Waals surface area contributed by atoms with Crippen molar-refractivity contribution in [1.29, 1.82) is 0 Å². The number of nitrogens with zero attached hydrogens (tertiary/aromatic N) is 2. The Morgan fingerprint density at radius 3 is 2.86 bits per heavy atom. The van der Waals surface area contributed by atoms with Crippen LogP contribution in [-0.4, -0.2) is 35.7 Å². The summed E-state index contributed by atoms with van der Waals surface area (Å²) in [5.41, 5.74) is 1.83. The standard InChI is InChI=1S/C15H15N3O3/c1-21-15(20)11-7-14(19)18(9-11)13-8-12(16-17-13)10-5-3-2-4-6-10/h2-6,8,11H,7,9H2,1H3,(H,16,17). The Balaban J connectivity index is 1.81. The number of hydrogen-bond acceptors (Lipinski definition) is 4. The van der Waals surface area contributed by atoms with Gasteiger partial charge < -0.3 is 4.74 Å². The van der Waals surface area contributed by atoms with E-state index in [0.29, 0.717) is 12.4 Å². The Morgan fingerprint density at radius 2 is 2.14 bits per heavy atom. The van der Waals surface area contributed by atoms with E-state index >= 15 is 0 Å². The molecule has 2 heterocycles. The number of aromatic amines is 1. The molecule has 1 aromatic heterocycles. The molecule has 21 heavy (non-hydrogen) atoms. The van der Waals surface area contributed by atoms with Crippen molar-refractivity contribution in [3.8, 4) is 11.3 Å². The third-order valence-electron chi connectivity index (χ3n) is 3.59. The van der Waals surface area contributed by atoms with E-state index in [9.17, 15) is 9.59 Å². The molecule has 0 spiro atoms. The van der Waals surface area contributed by atoms with Crippen molar-refractivity contribution < 1.29 is 14.3 Å². The number of H-pyrrole nitrogens is 1. The number of ether oxygens (including phenoxy) is 1. The van der Waals surface area contributed by atoms with Gasteiger partial charge >= 0.3 is 5.97 Å². The molecule has 108 valence electrons. The number of aromatic nitrogens is 2. The predicted octanol–water partition coefficient (Wildman–Crippen LogP) is 1.60. The maximum atomic E-state index is 12.0. The summed E-state index contributed by atoms with van der Waals surface area (Å²) >= 11 is 0. The molecule has 1 aromatic carbocycles. The smallest absolute Gasteiger partial charge is 0.311 e. The van der Waals surface area contributed by atoms with E-state index in [2.05, 4.69) is 10.2 Å². The zero-order valence-electron chi connectivity index (χ0n) is 11.6. The number of esters is 1. The minimum Gasteiger partial charge on any atom is -0.469 e. The summed E-state index contributed by atoms with van der Waals surface area (Å²) in [5, 5.41) is 7.09. The average Bonchev–Trinajstić information content (AvgIpc) is 3.14. The number of hydrogen-bond donors (Lipinski definition) is 1. The number of carbonyl (C=O) groups is 2. The summed E-state index contributed by atoms with van der Waals surface area (Å²) in [4.78, 5) is 25.1. The second-order valence-corrected chi connectivity index (χ2v) is 4.93. The molecule has 1 N–H and O–H groups in total. The van der Waals surface area contributed by atoms with Gasteiger partial charge in [0.25, 0.3) is 0 Å². The number of rotatable bonds is 3. The van der Waals surface area contributed by atoms with Crippen LogP contribution in [-0.2, 0) is 14.3 Å². The summed E-state index contributed by atoms with van der Waals surface area (Å²) in [6, 6.07) is 11.5. The van der Waals surface area contributed by atoms with Crippen molar-refractivity contribution in [2.45, 2.75) is 6.42 Å². The molecule has 3 rings (SSSR count). The SMILES string of the molecule is COC(=O)C1CC(=O)N(c2cc(-c3ccccc3)[nH]n2)C1. The Morgan fingerprint density at radius 1 is 1.38 bits per heavy atom. The molecule has 1 aliphatic heterocycles. The van der Waals surface area contributed by atoms with Crippen molar-refractivity contribution in [1.82, 2.24) is 10.2 Å². The van der Waals surface area contributed by atoms with Gasteiger partial charge in [-0.25, -0.2) is 0 Å². The molecule has 0 bridgehead atoms. The molecule has 1 amide bonds. The van der Waals surface area contributed by atoms with Crippen LogP contribution in [0.1, 0.15) is 6.42 Å². The van der Waals surface area contributed by atoms with Gasteiger partial charge in [0.05, 0.1) is 18.7 Å². The lowest BCUT2D eigenvalue weighted by Crippen LogP contribution is -2.26. The molecule has 0 saturated carbocycles. The zero-order chi connectivity index (χ0) is 14.8. The van der Waals surface area contributed by atoms with E-state index in [4.69, 9.17) is 4.74 Å². The van der Waals surface area contributed by atoms with Crippen LogP contribution in [0.5, 0.6) is 0 Å². The maximum Gasteiger partial charge on any atom is 0.311 e. The first kappa shape index (κ1) is 13.4. The van der Waals surface area contributed by atoms with Crippen molar-refractivity contribution in [3.63, 3.8) is 0 Å². The fourth-order valence-electron chi connectivity index (χ4n) is 2.47. The molecule has 1 fully saturated rings. The number of nitrogens with one attached hydrogen (secondary N) is 1. The molecule has 0 aliphatic carbocycles. The third-order valence-corrected chi connectivity index (χ3v) is 3.59. The van der Waals surface area contributed by atoms with Gasteiger partial charge in [0, 0.05) is 19.0 Å². The summed E-state index contributed by atoms with van der Waals surface area (Å²) < 4.78 is 4.70. The average molecular weight is 285 g/mol. The highest BCUT2D eigenvalue weighted by Crippen LogP contribution is 2.27. The molecule has 0 radical (unpaired) electrons. The van der Waals surface area contributed by atoms with Gasteiger partial charge in [0.1, 0.15) is 0 Å². The number of carbonyl (C=O) groups excluding carboxylic acids is 2. The van der Waals surface area contributed by atoms with Gasteiger partial charge in [0.2, 0.25) is 5.91 Å². The largest absolute Gasteiger partial charge is 0.469 e. The number of benzene rings is 1. The van der Waals surface area contributed by atoms with Crippen molar-refractivity contribution >= 4 is 17.7 Å². The van der Waals surface area contributed by atoms with Gasteiger partial charge in [-0.2, -0.15) is 5.10 Å². The molecular formula is C15H15N3O3. The fourth-order valence-corrected chi connectivity index (χ4v) is 2.47. The van der Waals surface area contributed by atoms with E-state index in [1.54, 1.807) is 0 Å². The molecule has 6 nitrogen and oxygen atoms in total. The summed E-state index contributed by atoms with van der Waals surface area (Å²) in [6.07, 6.45) is 0.167. The molecule has 1 atom stereocenters. The minimum absolute atomic E-state index is 0.114. The van der Waals surface area contributed by atoms with Gasteiger partial charge in [0.15, 0.2) is 5.82 Å². The van der Waals surface area contributed by atoms with Crippen LogP contribution in [0.15, 0.2) is 36.4 Å². The second kappa shape index (κ2) is 5.40. The minimum atomic E-state index is -0.417. The van der Waals surface area contributed by atoms with Crippen molar-refractivity contribution in [3.05, 3.63) is 36.4 Å². The van der Waals surface area contributed by atoms with Gasteiger partial charge in [-0.15, -0.1) is 0 Å². The second-order valence-electron chi connectivity index (χ2n) is 4.93. The maximum absolute atomic E-state index is 12.0. The quantitative estimate of drug-likeness (QED) is 0.869.